The maximum absolute atomic E-state index is 3.36. The average Bonchev–Trinajstić information content (AvgIpc) is 2.91. The zero-order valence-electron chi connectivity index (χ0n) is 12.6. The molecule has 2 heteroatoms. The highest BCUT2D eigenvalue weighted by Crippen LogP contribution is 2.31. The molecule has 1 unspecified atom stereocenters. The number of rotatable bonds is 5. The van der Waals surface area contributed by atoms with Crippen molar-refractivity contribution in [1.82, 2.24) is 5.32 Å². The summed E-state index contributed by atoms with van der Waals surface area (Å²) >= 11 is 1.85. The third kappa shape index (κ3) is 3.02. The van der Waals surface area contributed by atoms with Crippen LogP contribution in [0, 0.1) is 6.92 Å². The summed E-state index contributed by atoms with van der Waals surface area (Å²) in [6.07, 6.45) is 1.09. The number of nitrogens with one attached hydrogen (secondary N) is 1. The van der Waals surface area contributed by atoms with Crippen LogP contribution in [-0.4, -0.2) is 13.6 Å². The van der Waals surface area contributed by atoms with E-state index < -0.39 is 0 Å². The van der Waals surface area contributed by atoms with E-state index >= 15 is 0 Å². The van der Waals surface area contributed by atoms with Gasteiger partial charge in [-0.3, -0.25) is 0 Å². The van der Waals surface area contributed by atoms with Crippen LogP contribution in [-0.2, 0) is 6.42 Å². The predicted octanol–water partition coefficient (Wildman–Crippen LogP) is 4.76. The Bertz CT molecular complexity index is 729. The van der Waals surface area contributed by atoms with Crippen molar-refractivity contribution in [3.63, 3.8) is 0 Å². The normalized spacial score (nSPS) is 12.7. The van der Waals surface area contributed by atoms with Gasteiger partial charge in [-0.2, -0.15) is 0 Å². The van der Waals surface area contributed by atoms with Crippen molar-refractivity contribution in [3.05, 3.63) is 70.6 Å². The van der Waals surface area contributed by atoms with Gasteiger partial charge in [-0.1, -0.05) is 42.5 Å². The Labute approximate surface area is 130 Å². The zero-order valence-corrected chi connectivity index (χ0v) is 13.4. The van der Waals surface area contributed by atoms with Crippen LogP contribution in [0.2, 0.25) is 0 Å². The molecule has 21 heavy (non-hydrogen) atoms. The predicted molar refractivity (Wildman–Crippen MR) is 93.4 cm³/mol. The minimum atomic E-state index is 0.522. The minimum Gasteiger partial charge on any atom is -0.319 e. The molecule has 0 saturated heterocycles. The lowest BCUT2D eigenvalue weighted by molar-refractivity contribution is 0.625. The van der Waals surface area contributed by atoms with E-state index in [0.29, 0.717) is 5.92 Å². The second-order valence-electron chi connectivity index (χ2n) is 5.57. The van der Waals surface area contributed by atoms with Gasteiger partial charge in [0, 0.05) is 17.2 Å². The summed E-state index contributed by atoms with van der Waals surface area (Å²) in [5.74, 6) is 0.522. The summed E-state index contributed by atoms with van der Waals surface area (Å²) in [5.41, 5.74) is 4.32. The maximum Gasteiger partial charge on any atom is 0.0345 e. The largest absolute Gasteiger partial charge is 0.319 e. The van der Waals surface area contributed by atoms with Gasteiger partial charge in [0.25, 0.3) is 0 Å². The van der Waals surface area contributed by atoms with Crippen LogP contribution in [0.15, 0.2) is 53.9 Å². The Morgan fingerprint density at radius 2 is 1.81 bits per heavy atom. The molecule has 0 saturated carbocycles. The Hall–Kier alpha value is -1.64. The van der Waals surface area contributed by atoms with Crippen LogP contribution >= 0.6 is 11.3 Å². The van der Waals surface area contributed by atoms with E-state index in [1.165, 1.54) is 26.8 Å². The first kappa shape index (κ1) is 14.3. The maximum atomic E-state index is 3.36. The van der Waals surface area contributed by atoms with E-state index in [4.69, 9.17) is 0 Å². The van der Waals surface area contributed by atoms with E-state index in [1.807, 2.05) is 18.4 Å². The fourth-order valence-electron chi connectivity index (χ4n) is 3.04. The summed E-state index contributed by atoms with van der Waals surface area (Å²) in [6, 6.07) is 17.5. The Morgan fingerprint density at radius 1 is 1.05 bits per heavy atom. The van der Waals surface area contributed by atoms with Crippen LogP contribution in [0.25, 0.3) is 10.1 Å². The number of hydrogen-bond acceptors (Lipinski definition) is 2. The summed E-state index contributed by atoms with van der Waals surface area (Å²) in [7, 11) is 2.04. The molecular formula is C19H21NS. The fourth-order valence-corrected chi connectivity index (χ4v) is 4.02. The molecular weight excluding hydrogens is 274 g/mol. The van der Waals surface area contributed by atoms with Crippen molar-refractivity contribution in [2.45, 2.75) is 19.3 Å². The van der Waals surface area contributed by atoms with Crippen molar-refractivity contribution >= 4 is 21.4 Å². The standard InChI is InChI=1S/C19H21NS/c1-14-7-3-4-8-17(14)15(12-20-2)11-16-13-21-19-10-6-5-9-18(16)19/h3-10,13,15,20H,11-12H2,1-2H3. The molecule has 0 aliphatic heterocycles. The number of aryl methyl sites for hydroxylation is 1. The number of hydrogen-bond donors (Lipinski definition) is 1. The summed E-state index contributed by atoms with van der Waals surface area (Å²) in [5, 5.41) is 7.10. The lowest BCUT2D eigenvalue weighted by Crippen LogP contribution is -2.19. The molecule has 1 heterocycles. The summed E-state index contributed by atoms with van der Waals surface area (Å²) < 4.78 is 1.39. The number of benzene rings is 2. The average molecular weight is 295 g/mol. The number of fused-ring (bicyclic) bond motifs is 1. The Kier molecular flexibility index (Phi) is 4.37. The van der Waals surface area contributed by atoms with Gasteiger partial charge in [-0.15, -0.1) is 11.3 Å². The monoisotopic (exact) mass is 295 g/mol. The van der Waals surface area contributed by atoms with Gasteiger partial charge in [-0.05, 0) is 53.9 Å². The Balaban J connectivity index is 1.94. The van der Waals surface area contributed by atoms with Crippen molar-refractivity contribution in [1.29, 1.82) is 0 Å². The quantitative estimate of drug-likeness (QED) is 0.716. The molecule has 3 aromatic rings. The third-order valence-corrected chi connectivity index (χ3v) is 5.12. The SMILES string of the molecule is CNCC(Cc1csc2ccccc12)c1ccccc1C. The topological polar surface area (TPSA) is 12.0 Å². The highest BCUT2D eigenvalue weighted by molar-refractivity contribution is 7.17. The smallest absolute Gasteiger partial charge is 0.0345 e. The second kappa shape index (κ2) is 6.42. The van der Waals surface area contributed by atoms with E-state index in [-0.39, 0.29) is 0 Å². The third-order valence-electron chi connectivity index (χ3n) is 4.11. The molecule has 2 aromatic carbocycles. The molecule has 0 amide bonds. The van der Waals surface area contributed by atoms with Crippen LogP contribution in [0.1, 0.15) is 22.6 Å². The molecule has 1 N–H and O–H groups in total. The van der Waals surface area contributed by atoms with E-state index in [0.717, 1.165) is 13.0 Å². The van der Waals surface area contributed by atoms with Crippen molar-refractivity contribution in [2.24, 2.45) is 0 Å². The first-order valence-electron chi connectivity index (χ1n) is 7.45. The van der Waals surface area contributed by atoms with Crippen LogP contribution in [0.5, 0.6) is 0 Å². The first-order chi connectivity index (χ1) is 10.3. The van der Waals surface area contributed by atoms with Gasteiger partial charge in [0.2, 0.25) is 0 Å². The van der Waals surface area contributed by atoms with E-state index in [1.54, 1.807) is 0 Å². The molecule has 0 radical (unpaired) electrons. The lowest BCUT2D eigenvalue weighted by atomic mass is 9.89. The number of likely N-dealkylation sites (N-methyl/N-ethyl adjacent to an activating group) is 1. The van der Waals surface area contributed by atoms with Gasteiger partial charge >= 0.3 is 0 Å². The first-order valence-corrected chi connectivity index (χ1v) is 8.33. The van der Waals surface area contributed by atoms with Gasteiger partial charge < -0.3 is 5.32 Å². The van der Waals surface area contributed by atoms with Crippen molar-refractivity contribution in [2.75, 3.05) is 13.6 Å². The molecule has 0 bridgehead atoms. The molecule has 0 spiro atoms. The summed E-state index contributed by atoms with van der Waals surface area (Å²) in [6.45, 7) is 3.22. The van der Waals surface area contributed by atoms with Crippen LogP contribution in [0.3, 0.4) is 0 Å². The second-order valence-corrected chi connectivity index (χ2v) is 6.48. The van der Waals surface area contributed by atoms with Gasteiger partial charge in [0.15, 0.2) is 0 Å². The van der Waals surface area contributed by atoms with Gasteiger partial charge in [0.05, 0.1) is 0 Å². The van der Waals surface area contributed by atoms with Crippen LogP contribution in [0.4, 0.5) is 0 Å². The Morgan fingerprint density at radius 3 is 2.62 bits per heavy atom. The van der Waals surface area contributed by atoms with Gasteiger partial charge in [-0.25, -0.2) is 0 Å². The molecule has 0 aliphatic carbocycles. The molecule has 1 aromatic heterocycles. The van der Waals surface area contributed by atoms with Crippen LogP contribution < -0.4 is 5.32 Å². The van der Waals surface area contributed by atoms with Crippen molar-refractivity contribution < 1.29 is 0 Å². The summed E-state index contributed by atoms with van der Waals surface area (Å²) in [4.78, 5) is 0. The molecule has 0 aliphatic rings. The number of thiophene rings is 1. The van der Waals surface area contributed by atoms with Crippen molar-refractivity contribution in [3.8, 4) is 0 Å². The van der Waals surface area contributed by atoms with E-state index in [9.17, 15) is 0 Å². The zero-order chi connectivity index (χ0) is 14.7. The highest BCUT2D eigenvalue weighted by atomic mass is 32.1. The lowest BCUT2D eigenvalue weighted by Gasteiger charge is -2.19. The molecule has 1 atom stereocenters. The fraction of sp³-hybridized carbons (Fsp3) is 0.263. The molecule has 1 nitrogen and oxygen atoms in total. The molecule has 108 valence electrons. The highest BCUT2D eigenvalue weighted by Gasteiger charge is 2.15. The molecule has 3 rings (SSSR count). The molecule has 0 fully saturated rings. The van der Waals surface area contributed by atoms with E-state index in [2.05, 4.69) is 66.2 Å². The minimum absolute atomic E-state index is 0.522. The van der Waals surface area contributed by atoms with Gasteiger partial charge in [0.1, 0.15) is 0 Å².